The second-order valence-electron chi connectivity index (χ2n) is 8.40. The molecule has 1 aromatic heterocycles. The summed E-state index contributed by atoms with van der Waals surface area (Å²) in [5.74, 6) is 1.49. The van der Waals surface area contributed by atoms with E-state index in [1.165, 1.54) is 18.4 Å². The maximum Gasteiger partial charge on any atom is 0.256 e. The fraction of sp³-hybridized carbons (Fsp3) is 0.565. The van der Waals surface area contributed by atoms with Crippen LogP contribution < -0.4 is 4.74 Å². The number of carbonyl (C=O) groups is 1. The Morgan fingerprint density at radius 3 is 2.72 bits per heavy atom. The van der Waals surface area contributed by atoms with Gasteiger partial charge in [0.1, 0.15) is 5.75 Å². The van der Waals surface area contributed by atoms with Crippen molar-refractivity contribution in [2.45, 2.75) is 39.2 Å². The summed E-state index contributed by atoms with van der Waals surface area (Å²) in [6.07, 6.45) is 6.95. The van der Waals surface area contributed by atoms with Crippen molar-refractivity contribution in [3.63, 3.8) is 0 Å². The first-order valence-electron chi connectivity index (χ1n) is 10.6. The van der Waals surface area contributed by atoms with Gasteiger partial charge in [-0.15, -0.1) is 0 Å². The number of hydrogen-bond donors (Lipinski definition) is 0. The third kappa shape index (κ3) is 5.82. The molecule has 1 fully saturated rings. The minimum Gasteiger partial charge on any atom is -0.497 e. The van der Waals surface area contributed by atoms with E-state index in [4.69, 9.17) is 4.74 Å². The van der Waals surface area contributed by atoms with E-state index in [1.807, 2.05) is 35.0 Å². The van der Waals surface area contributed by atoms with Crippen LogP contribution in [0.4, 0.5) is 0 Å². The van der Waals surface area contributed by atoms with Crippen LogP contribution in [-0.2, 0) is 6.42 Å². The van der Waals surface area contributed by atoms with Gasteiger partial charge in [-0.3, -0.25) is 9.48 Å². The lowest BCUT2D eigenvalue weighted by molar-refractivity contribution is 0.0730. The predicted molar refractivity (Wildman–Crippen MR) is 115 cm³/mol. The molecule has 1 amide bonds. The van der Waals surface area contributed by atoms with Gasteiger partial charge >= 0.3 is 0 Å². The first-order valence-corrected chi connectivity index (χ1v) is 10.6. The number of ether oxygens (including phenoxy) is 1. The quantitative estimate of drug-likeness (QED) is 0.683. The van der Waals surface area contributed by atoms with Gasteiger partial charge in [0.2, 0.25) is 0 Å². The number of methoxy groups -OCH3 is 1. The van der Waals surface area contributed by atoms with E-state index in [0.29, 0.717) is 11.5 Å². The number of amides is 1. The largest absolute Gasteiger partial charge is 0.497 e. The molecule has 1 aromatic carbocycles. The highest BCUT2D eigenvalue weighted by Crippen LogP contribution is 2.19. The molecule has 0 unspecified atom stereocenters. The van der Waals surface area contributed by atoms with E-state index in [2.05, 4.69) is 36.0 Å². The van der Waals surface area contributed by atoms with Crippen molar-refractivity contribution in [1.29, 1.82) is 0 Å². The summed E-state index contributed by atoms with van der Waals surface area (Å²) in [7, 11) is 3.60. The summed E-state index contributed by atoms with van der Waals surface area (Å²) in [6.45, 7) is 8.18. The van der Waals surface area contributed by atoms with Crippen LogP contribution in [0.1, 0.15) is 48.7 Å². The first-order chi connectivity index (χ1) is 14.0. The Morgan fingerprint density at radius 1 is 1.31 bits per heavy atom. The topological polar surface area (TPSA) is 50.6 Å². The number of nitrogens with zero attached hydrogens (tertiary/aromatic N) is 4. The van der Waals surface area contributed by atoms with Gasteiger partial charge in [-0.25, -0.2) is 0 Å². The lowest BCUT2D eigenvalue weighted by Gasteiger charge is -2.34. The predicted octanol–water partition coefficient (Wildman–Crippen LogP) is 3.50. The molecule has 0 bridgehead atoms. The molecule has 1 aliphatic heterocycles. The summed E-state index contributed by atoms with van der Waals surface area (Å²) in [6, 6.07) is 8.60. The molecule has 1 atom stereocenters. The molecule has 0 N–H and O–H groups in total. The Hall–Kier alpha value is -2.34. The van der Waals surface area contributed by atoms with Crippen LogP contribution in [0, 0.1) is 5.92 Å². The maximum atomic E-state index is 12.7. The molecule has 0 aliphatic carbocycles. The number of hydrogen-bond acceptors (Lipinski definition) is 4. The highest BCUT2D eigenvalue weighted by atomic mass is 16.5. The SMILES string of the molecule is COc1ccc(CCN2CCC[C@@H](CN(C)C(=O)c3cnn(C(C)C)c3)C2)cc1. The van der Waals surface area contributed by atoms with Gasteiger partial charge in [0, 0.05) is 38.9 Å². The van der Waals surface area contributed by atoms with Crippen molar-refractivity contribution in [2.75, 3.05) is 40.3 Å². The fourth-order valence-electron chi connectivity index (χ4n) is 4.00. The van der Waals surface area contributed by atoms with E-state index in [9.17, 15) is 4.79 Å². The van der Waals surface area contributed by atoms with Crippen LogP contribution in [0.15, 0.2) is 36.7 Å². The summed E-state index contributed by atoms with van der Waals surface area (Å²) in [4.78, 5) is 17.1. The molecule has 1 aliphatic rings. The van der Waals surface area contributed by atoms with Crippen LogP contribution in [0.3, 0.4) is 0 Å². The second-order valence-corrected chi connectivity index (χ2v) is 8.40. The summed E-state index contributed by atoms with van der Waals surface area (Å²) in [5.41, 5.74) is 2.01. The van der Waals surface area contributed by atoms with Gasteiger partial charge in [0.15, 0.2) is 0 Å². The minimum atomic E-state index is 0.0623. The monoisotopic (exact) mass is 398 g/mol. The first kappa shape index (κ1) is 21.4. The van der Waals surface area contributed by atoms with Crippen LogP contribution in [0.5, 0.6) is 5.75 Å². The molecule has 6 heteroatoms. The minimum absolute atomic E-state index is 0.0623. The molecule has 0 spiro atoms. The van der Waals surface area contributed by atoms with E-state index in [1.54, 1.807) is 13.3 Å². The number of likely N-dealkylation sites (tertiary alicyclic amines) is 1. The van der Waals surface area contributed by atoms with Gasteiger partial charge in [0.05, 0.1) is 18.9 Å². The van der Waals surface area contributed by atoms with E-state index >= 15 is 0 Å². The standard InChI is InChI=1S/C23H34N4O2/c1-18(2)27-17-21(14-24-27)23(28)25(3)15-20-6-5-12-26(16-20)13-11-19-7-9-22(29-4)10-8-19/h7-10,14,17-18,20H,5-6,11-13,15-16H2,1-4H3/t20-/m0/s1. The Kier molecular flexibility index (Phi) is 7.31. The molecular formula is C23H34N4O2. The lowest BCUT2D eigenvalue weighted by atomic mass is 9.97. The zero-order valence-electron chi connectivity index (χ0n) is 18.2. The molecule has 2 heterocycles. The van der Waals surface area contributed by atoms with Crippen molar-refractivity contribution < 1.29 is 9.53 Å². The zero-order chi connectivity index (χ0) is 20.8. The third-order valence-electron chi connectivity index (χ3n) is 5.74. The fourth-order valence-corrected chi connectivity index (χ4v) is 4.00. The van der Waals surface area contributed by atoms with Gasteiger partial charge in [-0.2, -0.15) is 5.10 Å². The van der Waals surface area contributed by atoms with Crippen molar-refractivity contribution in [3.05, 3.63) is 47.8 Å². The third-order valence-corrected chi connectivity index (χ3v) is 5.74. The van der Waals surface area contributed by atoms with E-state index < -0.39 is 0 Å². The van der Waals surface area contributed by atoms with Gasteiger partial charge in [0.25, 0.3) is 5.91 Å². The van der Waals surface area contributed by atoms with Gasteiger partial charge < -0.3 is 14.5 Å². The zero-order valence-corrected chi connectivity index (χ0v) is 18.2. The number of rotatable bonds is 8. The molecule has 0 radical (unpaired) electrons. The highest BCUT2D eigenvalue weighted by Gasteiger charge is 2.23. The summed E-state index contributed by atoms with van der Waals surface area (Å²) in [5, 5.41) is 4.30. The molecule has 0 saturated carbocycles. The molecule has 3 rings (SSSR count). The van der Waals surface area contributed by atoms with Crippen molar-refractivity contribution in [3.8, 4) is 5.75 Å². The van der Waals surface area contributed by atoms with Crippen molar-refractivity contribution in [2.24, 2.45) is 5.92 Å². The summed E-state index contributed by atoms with van der Waals surface area (Å²) < 4.78 is 7.07. The number of aromatic nitrogens is 2. The van der Waals surface area contributed by atoms with Crippen LogP contribution in [0.2, 0.25) is 0 Å². The Morgan fingerprint density at radius 2 is 2.07 bits per heavy atom. The smallest absolute Gasteiger partial charge is 0.256 e. The second kappa shape index (κ2) is 9.92. The Labute approximate surface area is 174 Å². The Bertz CT molecular complexity index is 784. The molecule has 6 nitrogen and oxygen atoms in total. The van der Waals surface area contributed by atoms with Crippen molar-refractivity contribution >= 4 is 5.91 Å². The average molecular weight is 399 g/mol. The van der Waals surface area contributed by atoms with E-state index in [0.717, 1.165) is 38.3 Å². The molecule has 158 valence electrons. The van der Waals surface area contributed by atoms with Crippen LogP contribution in [-0.4, -0.2) is 65.8 Å². The molecule has 29 heavy (non-hydrogen) atoms. The number of benzene rings is 1. The van der Waals surface area contributed by atoms with Gasteiger partial charge in [-0.1, -0.05) is 12.1 Å². The molecule has 1 saturated heterocycles. The average Bonchev–Trinajstić information content (AvgIpc) is 3.23. The Balaban J connectivity index is 1.48. The normalized spacial score (nSPS) is 17.5. The highest BCUT2D eigenvalue weighted by molar-refractivity contribution is 5.93. The van der Waals surface area contributed by atoms with Crippen LogP contribution in [0.25, 0.3) is 0 Å². The summed E-state index contributed by atoms with van der Waals surface area (Å²) >= 11 is 0. The van der Waals surface area contributed by atoms with Crippen molar-refractivity contribution in [1.82, 2.24) is 19.6 Å². The number of carbonyl (C=O) groups excluding carboxylic acids is 1. The number of piperidine rings is 1. The molecular weight excluding hydrogens is 364 g/mol. The van der Waals surface area contributed by atoms with Crippen LogP contribution >= 0.6 is 0 Å². The maximum absolute atomic E-state index is 12.7. The molecule has 2 aromatic rings. The van der Waals surface area contributed by atoms with Gasteiger partial charge in [-0.05, 0) is 63.3 Å². The van der Waals surface area contributed by atoms with E-state index in [-0.39, 0.29) is 11.9 Å². The lowest BCUT2D eigenvalue weighted by Crippen LogP contribution is -2.42.